The van der Waals surface area contributed by atoms with E-state index in [9.17, 15) is 9.59 Å². The SMILES string of the molecule is O=C1N=C(N2CCCCC2)S/C1=C/c1cccc(NC(=O)c2ccccc2Cl)c1. The smallest absolute Gasteiger partial charge is 0.286 e. The number of piperidine rings is 1. The van der Waals surface area contributed by atoms with E-state index in [2.05, 4.69) is 15.2 Å². The van der Waals surface area contributed by atoms with Crippen LogP contribution in [0.4, 0.5) is 5.69 Å². The summed E-state index contributed by atoms with van der Waals surface area (Å²) in [5, 5.41) is 4.05. The number of anilines is 1. The molecule has 4 rings (SSSR count). The summed E-state index contributed by atoms with van der Waals surface area (Å²) in [6.45, 7) is 1.91. The number of nitrogens with zero attached hydrogens (tertiary/aromatic N) is 2. The minimum Gasteiger partial charge on any atom is -0.351 e. The zero-order chi connectivity index (χ0) is 20.2. The summed E-state index contributed by atoms with van der Waals surface area (Å²) < 4.78 is 0. The number of halogens is 1. The van der Waals surface area contributed by atoms with Crippen LogP contribution in [-0.2, 0) is 4.79 Å². The Kier molecular flexibility index (Phi) is 6.02. The molecule has 0 unspecified atom stereocenters. The van der Waals surface area contributed by atoms with Gasteiger partial charge in [-0.15, -0.1) is 0 Å². The average molecular weight is 426 g/mol. The molecule has 29 heavy (non-hydrogen) atoms. The van der Waals surface area contributed by atoms with Gasteiger partial charge in [0.15, 0.2) is 5.17 Å². The highest BCUT2D eigenvalue weighted by molar-refractivity contribution is 8.18. The van der Waals surface area contributed by atoms with Crippen LogP contribution < -0.4 is 5.32 Å². The molecule has 2 aliphatic rings. The highest BCUT2D eigenvalue weighted by Gasteiger charge is 2.26. The predicted octanol–water partition coefficient (Wildman–Crippen LogP) is 5.05. The first kappa shape index (κ1) is 19.7. The lowest BCUT2D eigenvalue weighted by atomic mass is 10.1. The number of thioether (sulfide) groups is 1. The van der Waals surface area contributed by atoms with Crippen molar-refractivity contribution in [2.45, 2.75) is 19.3 Å². The summed E-state index contributed by atoms with van der Waals surface area (Å²) in [5.41, 5.74) is 1.88. The lowest BCUT2D eigenvalue weighted by Gasteiger charge is -2.27. The van der Waals surface area contributed by atoms with Crippen LogP contribution in [-0.4, -0.2) is 35.0 Å². The molecule has 0 bridgehead atoms. The number of nitrogens with one attached hydrogen (secondary N) is 1. The Morgan fingerprint density at radius 2 is 1.90 bits per heavy atom. The third-order valence-corrected chi connectivity index (χ3v) is 6.17. The number of amidine groups is 1. The van der Waals surface area contributed by atoms with E-state index < -0.39 is 0 Å². The first-order valence-electron chi connectivity index (χ1n) is 9.53. The summed E-state index contributed by atoms with van der Waals surface area (Å²) >= 11 is 7.52. The summed E-state index contributed by atoms with van der Waals surface area (Å²) in [5.74, 6) is -0.483. The van der Waals surface area contributed by atoms with Gasteiger partial charge < -0.3 is 10.2 Å². The Hall–Kier alpha value is -2.57. The van der Waals surface area contributed by atoms with E-state index in [1.54, 1.807) is 30.3 Å². The molecule has 0 aliphatic carbocycles. The molecule has 0 aromatic heterocycles. The topological polar surface area (TPSA) is 61.8 Å². The molecule has 2 aliphatic heterocycles. The van der Waals surface area contributed by atoms with Gasteiger partial charge >= 0.3 is 0 Å². The minimum atomic E-state index is -0.276. The molecule has 148 valence electrons. The van der Waals surface area contributed by atoms with Crippen LogP contribution in [0.2, 0.25) is 5.02 Å². The maximum atomic E-state index is 12.5. The van der Waals surface area contributed by atoms with Gasteiger partial charge in [-0.2, -0.15) is 4.99 Å². The molecular weight excluding hydrogens is 406 g/mol. The summed E-state index contributed by atoms with van der Waals surface area (Å²) in [7, 11) is 0. The second kappa shape index (κ2) is 8.84. The van der Waals surface area contributed by atoms with Crippen molar-refractivity contribution in [3.8, 4) is 0 Å². The number of hydrogen-bond donors (Lipinski definition) is 1. The molecule has 5 nitrogen and oxygen atoms in total. The standard InChI is InChI=1S/C22H20ClN3O2S/c23-18-10-3-2-9-17(18)20(27)24-16-8-6-7-15(13-16)14-19-21(28)25-22(29-19)26-11-4-1-5-12-26/h2-3,6-10,13-14H,1,4-5,11-12H2,(H,24,27)/b19-14+. The van der Waals surface area contributed by atoms with Gasteiger partial charge in [-0.25, -0.2) is 0 Å². The van der Waals surface area contributed by atoms with E-state index in [0.29, 0.717) is 21.2 Å². The normalized spacial score (nSPS) is 18.1. The van der Waals surface area contributed by atoms with Gasteiger partial charge in [-0.3, -0.25) is 9.59 Å². The third kappa shape index (κ3) is 4.71. The molecule has 2 amide bonds. The first-order valence-corrected chi connectivity index (χ1v) is 10.7. The minimum absolute atomic E-state index is 0.207. The van der Waals surface area contributed by atoms with Crippen LogP contribution in [0.25, 0.3) is 6.08 Å². The fourth-order valence-electron chi connectivity index (χ4n) is 3.32. The van der Waals surface area contributed by atoms with Crippen LogP contribution in [0.3, 0.4) is 0 Å². The van der Waals surface area contributed by atoms with Crippen molar-refractivity contribution in [2.24, 2.45) is 4.99 Å². The van der Waals surface area contributed by atoms with Gasteiger partial charge in [0.25, 0.3) is 11.8 Å². The van der Waals surface area contributed by atoms with Crippen LogP contribution >= 0.6 is 23.4 Å². The number of aliphatic imine (C=N–C) groups is 1. The zero-order valence-electron chi connectivity index (χ0n) is 15.7. The predicted molar refractivity (Wildman–Crippen MR) is 119 cm³/mol. The Morgan fingerprint density at radius 3 is 2.69 bits per heavy atom. The number of carbonyl (C=O) groups is 2. The van der Waals surface area contributed by atoms with Gasteiger partial charge in [0.1, 0.15) is 0 Å². The van der Waals surface area contributed by atoms with Gasteiger partial charge in [0.05, 0.1) is 15.5 Å². The third-order valence-electron chi connectivity index (χ3n) is 4.80. The average Bonchev–Trinajstić information content (AvgIpc) is 3.09. The lowest BCUT2D eigenvalue weighted by molar-refractivity contribution is -0.113. The molecule has 1 N–H and O–H groups in total. The molecule has 1 fully saturated rings. The van der Waals surface area contributed by atoms with Crippen molar-refractivity contribution >= 4 is 52.1 Å². The van der Waals surface area contributed by atoms with Gasteiger partial charge in [0, 0.05) is 18.8 Å². The van der Waals surface area contributed by atoms with E-state index in [-0.39, 0.29) is 11.8 Å². The van der Waals surface area contributed by atoms with Crippen molar-refractivity contribution < 1.29 is 9.59 Å². The van der Waals surface area contributed by atoms with Crippen LogP contribution in [0.1, 0.15) is 35.2 Å². The van der Waals surface area contributed by atoms with Gasteiger partial charge in [-0.1, -0.05) is 35.9 Å². The molecular formula is C22H20ClN3O2S. The maximum absolute atomic E-state index is 12.5. The Morgan fingerprint density at radius 1 is 1.10 bits per heavy atom. The maximum Gasteiger partial charge on any atom is 0.286 e. The molecule has 0 radical (unpaired) electrons. The number of hydrogen-bond acceptors (Lipinski definition) is 4. The van der Waals surface area contributed by atoms with E-state index in [4.69, 9.17) is 11.6 Å². The van der Waals surface area contributed by atoms with E-state index in [1.165, 1.54) is 18.2 Å². The lowest BCUT2D eigenvalue weighted by Crippen LogP contribution is -2.33. The summed E-state index contributed by atoms with van der Waals surface area (Å²) in [4.78, 5) is 31.8. The Balaban J connectivity index is 1.47. The largest absolute Gasteiger partial charge is 0.351 e. The molecule has 2 aromatic rings. The van der Waals surface area contributed by atoms with Crippen molar-refractivity contribution in [2.75, 3.05) is 18.4 Å². The summed E-state index contributed by atoms with van der Waals surface area (Å²) in [6, 6.07) is 14.3. The van der Waals surface area contributed by atoms with Crippen LogP contribution in [0, 0.1) is 0 Å². The molecule has 2 heterocycles. The van der Waals surface area contributed by atoms with Gasteiger partial charge in [-0.05, 0) is 66.9 Å². The highest BCUT2D eigenvalue weighted by Crippen LogP contribution is 2.31. The van der Waals surface area contributed by atoms with E-state index in [1.807, 2.05) is 24.3 Å². The molecule has 2 aromatic carbocycles. The van der Waals surface area contributed by atoms with E-state index in [0.717, 1.165) is 36.7 Å². The summed E-state index contributed by atoms with van der Waals surface area (Å²) in [6.07, 6.45) is 5.33. The Bertz CT molecular complexity index is 1010. The van der Waals surface area contributed by atoms with Crippen molar-refractivity contribution in [1.29, 1.82) is 0 Å². The van der Waals surface area contributed by atoms with Gasteiger partial charge in [0.2, 0.25) is 0 Å². The van der Waals surface area contributed by atoms with Crippen molar-refractivity contribution in [3.63, 3.8) is 0 Å². The molecule has 0 saturated carbocycles. The highest BCUT2D eigenvalue weighted by atomic mass is 35.5. The molecule has 7 heteroatoms. The van der Waals surface area contributed by atoms with E-state index >= 15 is 0 Å². The van der Waals surface area contributed by atoms with Crippen LogP contribution in [0.5, 0.6) is 0 Å². The molecule has 0 spiro atoms. The number of amides is 2. The number of likely N-dealkylation sites (tertiary alicyclic amines) is 1. The van der Waals surface area contributed by atoms with Crippen LogP contribution in [0.15, 0.2) is 58.4 Å². The Labute approximate surface area is 178 Å². The number of rotatable bonds is 3. The first-order chi connectivity index (χ1) is 14.1. The van der Waals surface area contributed by atoms with Crippen molar-refractivity contribution in [1.82, 2.24) is 4.90 Å². The second-order valence-corrected chi connectivity index (χ2v) is 8.33. The molecule has 1 saturated heterocycles. The number of benzene rings is 2. The molecule has 0 atom stereocenters. The fourth-order valence-corrected chi connectivity index (χ4v) is 4.51. The second-order valence-electron chi connectivity index (χ2n) is 6.92. The van der Waals surface area contributed by atoms with Crippen molar-refractivity contribution in [3.05, 3.63) is 69.6 Å². The fraction of sp³-hybridized carbons (Fsp3) is 0.227. The monoisotopic (exact) mass is 425 g/mol. The zero-order valence-corrected chi connectivity index (χ0v) is 17.3. The quantitative estimate of drug-likeness (QED) is 0.699. The number of carbonyl (C=O) groups excluding carboxylic acids is 2.